The summed E-state index contributed by atoms with van der Waals surface area (Å²) in [4.78, 5) is 15.7. The minimum Gasteiger partial charge on any atom is -0.346 e. The number of rotatable bonds is 1. The molecule has 96 valence electrons. The van der Waals surface area contributed by atoms with Gasteiger partial charge in [0.15, 0.2) is 0 Å². The van der Waals surface area contributed by atoms with E-state index in [-0.39, 0.29) is 0 Å². The van der Waals surface area contributed by atoms with Gasteiger partial charge in [-0.3, -0.25) is 0 Å². The third-order valence-corrected chi connectivity index (χ3v) is 4.34. The van der Waals surface area contributed by atoms with Crippen LogP contribution in [-0.4, -0.2) is 21.0 Å². The average Bonchev–Trinajstić information content (AvgIpc) is 2.75. The lowest BCUT2D eigenvalue weighted by Gasteiger charge is -2.37. The molecule has 0 radical (unpaired) electrons. The van der Waals surface area contributed by atoms with Crippen LogP contribution in [-0.2, 0) is 6.42 Å². The van der Waals surface area contributed by atoms with Gasteiger partial charge in [0, 0.05) is 30.4 Å². The first-order valence-electron chi connectivity index (χ1n) is 6.83. The summed E-state index contributed by atoms with van der Waals surface area (Å²) in [6.07, 6.45) is 8.96. The van der Waals surface area contributed by atoms with Crippen LogP contribution in [0.1, 0.15) is 35.7 Å². The SMILES string of the molecule is Cc1cccnc1N1C2CCC1c1cncnc1C2. The smallest absolute Gasteiger partial charge is 0.132 e. The Balaban J connectivity index is 1.83. The van der Waals surface area contributed by atoms with E-state index in [9.17, 15) is 0 Å². The average molecular weight is 252 g/mol. The molecule has 1 fully saturated rings. The molecule has 2 aliphatic heterocycles. The van der Waals surface area contributed by atoms with E-state index in [2.05, 4.69) is 32.8 Å². The van der Waals surface area contributed by atoms with E-state index in [0.717, 1.165) is 12.2 Å². The predicted octanol–water partition coefficient (Wildman–Crippen LogP) is 2.45. The van der Waals surface area contributed by atoms with Crippen LogP contribution >= 0.6 is 0 Å². The Hall–Kier alpha value is -1.97. The Kier molecular flexibility index (Phi) is 2.31. The molecule has 2 aliphatic rings. The van der Waals surface area contributed by atoms with Crippen molar-refractivity contribution in [1.82, 2.24) is 15.0 Å². The maximum atomic E-state index is 4.60. The summed E-state index contributed by atoms with van der Waals surface area (Å²) < 4.78 is 0. The van der Waals surface area contributed by atoms with Crippen LogP contribution in [0.15, 0.2) is 30.9 Å². The van der Waals surface area contributed by atoms with Gasteiger partial charge >= 0.3 is 0 Å². The molecule has 2 bridgehead atoms. The van der Waals surface area contributed by atoms with Gasteiger partial charge in [0.2, 0.25) is 0 Å². The number of hydrogen-bond donors (Lipinski definition) is 0. The van der Waals surface area contributed by atoms with Crippen LogP contribution in [0.25, 0.3) is 0 Å². The van der Waals surface area contributed by atoms with Gasteiger partial charge in [-0.05, 0) is 31.4 Å². The summed E-state index contributed by atoms with van der Waals surface area (Å²) in [5.74, 6) is 1.13. The lowest BCUT2D eigenvalue weighted by molar-refractivity contribution is 0.576. The Labute approximate surface area is 112 Å². The molecule has 0 aliphatic carbocycles. The van der Waals surface area contributed by atoms with Gasteiger partial charge in [0.1, 0.15) is 12.1 Å². The molecule has 0 amide bonds. The monoisotopic (exact) mass is 252 g/mol. The highest BCUT2D eigenvalue weighted by Crippen LogP contribution is 2.45. The molecule has 0 saturated carbocycles. The lowest BCUT2D eigenvalue weighted by Crippen LogP contribution is -2.39. The molecule has 1 saturated heterocycles. The van der Waals surface area contributed by atoms with E-state index < -0.39 is 0 Å². The Bertz CT molecular complexity index is 625. The molecule has 2 unspecified atom stereocenters. The minimum atomic E-state index is 0.406. The third-order valence-electron chi connectivity index (χ3n) is 4.34. The fraction of sp³-hybridized carbons (Fsp3) is 0.400. The van der Waals surface area contributed by atoms with Crippen LogP contribution in [0.4, 0.5) is 5.82 Å². The molecule has 0 spiro atoms. The molecule has 0 aromatic carbocycles. The molecular weight excluding hydrogens is 236 g/mol. The van der Waals surface area contributed by atoms with Gasteiger partial charge in [-0.25, -0.2) is 15.0 Å². The normalized spacial score (nSPS) is 24.4. The van der Waals surface area contributed by atoms with Gasteiger partial charge in [0.05, 0.1) is 11.7 Å². The van der Waals surface area contributed by atoms with Crippen molar-refractivity contribution in [2.45, 2.75) is 38.3 Å². The van der Waals surface area contributed by atoms with Crippen LogP contribution < -0.4 is 4.90 Å². The largest absolute Gasteiger partial charge is 0.346 e. The maximum Gasteiger partial charge on any atom is 0.132 e. The third kappa shape index (κ3) is 1.56. The molecule has 2 atom stereocenters. The first-order valence-corrected chi connectivity index (χ1v) is 6.83. The summed E-state index contributed by atoms with van der Waals surface area (Å²) in [7, 11) is 0. The van der Waals surface area contributed by atoms with Crippen LogP contribution in [0.3, 0.4) is 0 Å². The fourth-order valence-electron chi connectivity index (χ4n) is 3.49. The Morgan fingerprint density at radius 1 is 1.26 bits per heavy atom. The number of fused-ring (bicyclic) bond motifs is 4. The van der Waals surface area contributed by atoms with Crippen molar-refractivity contribution in [2.75, 3.05) is 4.90 Å². The molecule has 4 nitrogen and oxygen atoms in total. The topological polar surface area (TPSA) is 41.9 Å². The zero-order valence-corrected chi connectivity index (χ0v) is 11.0. The van der Waals surface area contributed by atoms with E-state index in [1.165, 1.54) is 29.7 Å². The van der Waals surface area contributed by atoms with Crippen LogP contribution in [0.2, 0.25) is 0 Å². The second-order valence-corrected chi connectivity index (χ2v) is 5.43. The number of aromatic nitrogens is 3. The Morgan fingerprint density at radius 3 is 3.11 bits per heavy atom. The van der Waals surface area contributed by atoms with Crippen molar-refractivity contribution in [3.05, 3.63) is 47.7 Å². The molecule has 4 rings (SSSR count). The fourth-order valence-corrected chi connectivity index (χ4v) is 3.49. The second-order valence-electron chi connectivity index (χ2n) is 5.43. The number of hydrogen-bond acceptors (Lipinski definition) is 4. The van der Waals surface area contributed by atoms with Crippen LogP contribution in [0, 0.1) is 6.92 Å². The molecule has 19 heavy (non-hydrogen) atoms. The van der Waals surface area contributed by atoms with Crippen molar-refractivity contribution in [3.63, 3.8) is 0 Å². The van der Waals surface area contributed by atoms with Gasteiger partial charge < -0.3 is 4.90 Å². The van der Waals surface area contributed by atoms with Crippen molar-refractivity contribution in [2.24, 2.45) is 0 Å². The molecule has 2 aromatic heterocycles. The summed E-state index contributed by atoms with van der Waals surface area (Å²) in [5.41, 5.74) is 3.77. The number of aryl methyl sites for hydroxylation is 1. The van der Waals surface area contributed by atoms with Crippen molar-refractivity contribution >= 4 is 5.82 Å². The maximum absolute atomic E-state index is 4.60. The Morgan fingerprint density at radius 2 is 2.21 bits per heavy atom. The molecular formula is C15H16N4. The van der Waals surface area contributed by atoms with Crippen LogP contribution in [0.5, 0.6) is 0 Å². The van der Waals surface area contributed by atoms with E-state index in [0.29, 0.717) is 12.1 Å². The number of pyridine rings is 1. The minimum absolute atomic E-state index is 0.406. The summed E-state index contributed by atoms with van der Waals surface area (Å²) in [6.45, 7) is 2.14. The van der Waals surface area contributed by atoms with Gasteiger partial charge in [-0.15, -0.1) is 0 Å². The lowest BCUT2D eigenvalue weighted by atomic mass is 9.99. The van der Waals surface area contributed by atoms with E-state index >= 15 is 0 Å². The zero-order chi connectivity index (χ0) is 12.8. The highest BCUT2D eigenvalue weighted by molar-refractivity contribution is 5.53. The standard InChI is InChI=1S/C15H16N4/c1-10-3-2-6-17-15(10)19-11-4-5-14(19)12-8-16-9-18-13(12)7-11/h2-3,6,8-9,11,14H,4-5,7H2,1H3. The van der Waals surface area contributed by atoms with Gasteiger partial charge in [0.25, 0.3) is 0 Å². The quantitative estimate of drug-likeness (QED) is 0.781. The molecule has 0 N–H and O–H groups in total. The van der Waals surface area contributed by atoms with Crippen molar-refractivity contribution in [3.8, 4) is 0 Å². The molecule has 2 aromatic rings. The van der Waals surface area contributed by atoms with E-state index in [1.807, 2.05) is 18.5 Å². The zero-order valence-electron chi connectivity index (χ0n) is 11.0. The summed E-state index contributed by atoms with van der Waals surface area (Å²) >= 11 is 0. The van der Waals surface area contributed by atoms with Gasteiger partial charge in [-0.1, -0.05) is 6.07 Å². The summed E-state index contributed by atoms with van der Waals surface area (Å²) in [6, 6.07) is 5.09. The summed E-state index contributed by atoms with van der Waals surface area (Å²) in [5, 5.41) is 0. The predicted molar refractivity (Wildman–Crippen MR) is 73.0 cm³/mol. The highest BCUT2D eigenvalue weighted by atomic mass is 15.3. The van der Waals surface area contributed by atoms with E-state index in [4.69, 9.17) is 0 Å². The second kappa shape index (κ2) is 4.02. The molecule has 4 heterocycles. The van der Waals surface area contributed by atoms with Crippen molar-refractivity contribution < 1.29 is 0 Å². The first-order chi connectivity index (χ1) is 9.34. The molecule has 4 heteroatoms. The number of anilines is 1. The number of nitrogens with zero attached hydrogens (tertiary/aromatic N) is 4. The van der Waals surface area contributed by atoms with Crippen molar-refractivity contribution in [1.29, 1.82) is 0 Å². The highest BCUT2D eigenvalue weighted by Gasteiger charge is 2.41. The van der Waals surface area contributed by atoms with E-state index in [1.54, 1.807) is 6.33 Å². The first kappa shape index (κ1) is 10.9. The van der Waals surface area contributed by atoms with Gasteiger partial charge in [-0.2, -0.15) is 0 Å².